The van der Waals surface area contributed by atoms with Crippen molar-refractivity contribution in [3.05, 3.63) is 87.9 Å². The minimum absolute atomic E-state index is 0.235. The third-order valence-electron chi connectivity index (χ3n) is 10.0. The molecule has 67 heavy (non-hydrogen) atoms. The molecule has 0 spiro atoms. The van der Waals surface area contributed by atoms with Crippen LogP contribution in [0.1, 0.15) is 67.3 Å². The Morgan fingerprint density at radius 2 is 1.49 bits per heavy atom. The predicted octanol–water partition coefficient (Wildman–Crippen LogP) is 3.23. The Morgan fingerprint density at radius 3 is 2.10 bits per heavy atom. The Balaban J connectivity index is 1.71. The second-order valence-electron chi connectivity index (χ2n) is 16.1. The van der Waals surface area contributed by atoms with E-state index >= 15 is 0 Å². The van der Waals surface area contributed by atoms with Gasteiger partial charge in [0.05, 0.1) is 16.7 Å². The number of likely N-dealkylation sites (N-methyl/N-ethyl adjacent to an activating group) is 1. The van der Waals surface area contributed by atoms with Gasteiger partial charge in [0.1, 0.15) is 53.3 Å². The Morgan fingerprint density at radius 1 is 0.821 bits per heavy atom. The zero-order valence-electron chi connectivity index (χ0n) is 35.4. The lowest BCUT2D eigenvalue weighted by atomic mass is 9.89. The largest absolute Gasteiger partial charge is 0.508 e. The number of aliphatic hydroxyl groups is 1. The molecule has 3 aliphatic heterocycles. The molecule has 0 radical (unpaired) electrons. The molecule has 356 valence electrons. The van der Waals surface area contributed by atoms with Crippen LogP contribution in [0.2, 0.25) is 5.02 Å². The number of halogens is 4. The molecule has 5 amide bonds. The standard InChI is InChI=1S/C42H39ClF3N5O15S/c1-41(2,3)40(61)65-34-26-12-18(13-27(34)66-67(5,62)63)30(51-39(60)42(44,45)46)37(58)48-29-16-6-8-23(53)20(10-16)28-21(14-19(52)15-24(28)54)31(35(56)47-4)49-38(59)32(50-36(29)57)33(55)17-7-9-25(64-26)22(43)11-17/h6-15,29-33,52-55H,1-5H3,(H,47,56)(H,48,58)(H,49,59)(H,50,57)(H,51,60)/t29-,30+,31-,32-,33-/m0/s1. The van der Waals surface area contributed by atoms with Gasteiger partial charge in [-0.25, -0.2) is 0 Å². The van der Waals surface area contributed by atoms with E-state index < -0.39 is 149 Å². The summed E-state index contributed by atoms with van der Waals surface area (Å²) in [4.78, 5) is 83.1. The van der Waals surface area contributed by atoms with Crippen LogP contribution >= 0.6 is 11.6 Å². The number of amides is 5. The molecular weight excluding hydrogens is 939 g/mol. The highest BCUT2D eigenvalue weighted by Crippen LogP contribution is 2.47. The summed E-state index contributed by atoms with van der Waals surface area (Å²) in [6.07, 6.45) is -7.28. The van der Waals surface area contributed by atoms with Gasteiger partial charge in [0.15, 0.2) is 11.5 Å². The Hall–Kier alpha value is -7.31. The van der Waals surface area contributed by atoms with Crippen molar-refractivity contribution >= 4 is 57.2 Å². The number of aliphatic hydroxyl groups excluding tert-OH is 1. The quantitative estimate of drug-likeness (QED) is 0.0788. The number of carbonyl (C=O) groups is 6. The number of phenolic OH excluding ortho intramolecular Hbond substituents is 3. The predicted molar refractivity (Wildman–Crippen MR) is 225 cm³/mol. The summed E-state index contributed by atoms with van der Waals surface area (Å²) >= 11 is 6.62. The Labute approximate surface area is 382 Å². The van der Waals surface area contributed by atoms with E-state index in [1.807, 2.05) is 0 Å². The molecule has 0 saturated heterocycles. The lowest BCUT2D eigenvalue weighted by Crippen LogP contribution is -2.55. The summed E-state index contributed by atoms with van der Waals surface area (Å²) < 4.78 is 84.0. The van der Waals surface area contributed by atoms with Crippen molar-refractivity contribution in [3.8, 4) is 51.4 Å². The highest BCUT2D eigenvalue weighted by Gasteiger charge is 2.44. The second-order valence-corrected chi connectivity index (χ2v) is 18.1. The first kappa shape index (κ1) is 49.1. The number of benzene rings is 4. The van der Waals surface area contributed by atoms with Crippen molar-refractivity contribution in [2.45, 2.75) is 57.2 Å². The van der Waals surface area contributed by atoms with E-state index in [0.717, 1.165) is 54.6 Å². The second kappa shape index (κ2) is 18.2. The van der Waals surface area contributed by atoms with Crippen LogP contribution in [0.25, 0.3) is 11.1 Å². The van der Waals surface area contributed by atoms with Crippen LogP contribution in [0.15, 0.2) is 60.7 Å². The number of fused-ring (bicyclic) bond motifs is 8. The summed E-state index contributed by atoms with van der Waals surface area (Å²) in [6.45, 7) is 4.22. The van der Waals surface area contributed by atoms with Crippen LogP contribution in [0, 0.1) is 5.41 Å². The molecule has 8 bridgehead atoms. The Bertz CT molecular complexity index is 2860. The van der Waals surface area contributed by atoms with Crippen molar-refractivity contribution in [1.29, 1.82) is 0 Å². The number of esters is 1. The summed E-state index contributed by atoms with van der Waals surface area (Å²) in [6, 6.07) is 0.497. The molecule has 7 rings (SSSR count). The summed E-state index contributed by atoms with van der Waals surface area (Å²) in [7, 11) is -3.47. The zero-order valence-corrected chi connectivity index (χ0v) is 36.9. The number of ether oxygens (including phenoxy) is 2. The van der Waals surface area contributed by atoms with E-state index in [9.17, 15) is 70.8 Å². The molecule has 0 aromatic heterocycles. The summed E-state index contributed by atoms with van der Waals surface area (Å²) in [5, 5.41) is 55.0. The van der Waals surface area contributed by atoms with Gasteiger partial charge in [-0.05, 0) is 85.5 Å². The van der Waals surface area contributed by atoms with Crippen molar-refractivity contribution in [1.82, 2.24) is 26.6 Å². The molecule has 0 unspecified atom stereocenters. The number of hydrogen-bond donors (Lipinski definition) is 9. The fourth-order valence-electron chi connectivity index (χ4n) is 6.82. The van der Waals surface area contributed by atoms with Gasteiger partial charge >= 0.3 is 28.2 Å². The molecule has 3 heterocycles. The normalized spacial score (nSPS) is 19.8. The molecule has 0 saturated carbocycles. The molecule has 5 atom stereocenters. The average Bonchev–Trinajstić information content (AvgIpc) is 3.22. The van der Waals surface area contributed by atoms with Gasteiger partial charge in [0.25, 0.3) is 0 Å². The zero-order chi connectivity index (χ0) is 49.7. The van der Waals surface area contributed by atoms with Crippen LogP contribution in [0.4, 0.5) is 13.2 Å². The first-order valence-corrected chi connectivity index (χ1v) is 21.6. The highest BCUT2D eigenvalue weighted by molar-refractivity contribution is 7.86. The van der Waals surface area contributed by atoms with Crippen molar-refractivity contribution in [3.63, 3.8) is 0 Å². The minimum atomic E-state index is -5.69. The van der Waals surface area contributed by atoms with Crippen LogP contribution in [-0.2, 0) is 38.9 Å². The van der Waals surface area contributed by atoms with Crippen LogP contribution < -0.4 is 40.2 Å². The van der Waals surface area contributed by atoms with Gasteiger partial charge in [-0.2, -0.15) is 21.6 Å². The van der Waals surface area contributed by atoms with E-state index in [1.54, 1.807) is 0 Å². The maximum Gasteiger partial charge on any atom is 0.471 e. The Kier molecular flexibility index (Phi) is 13.3. The summed E-state index contributed by atoms with van der Waals surface area (Å²) in [5.41, 5.74) is -3.87. The van der Waals surface area contributed by atoms with E-state index in [4.69, 9.17) is 25.3 Å². The SMILES string of the molecule is CNC(=O)[C@H]1NC(=O)[C@H]2NC(=O)[C@@H](NC(=O)[C@H](NC(=O)C(F)(F)F)c3cc(c(OC(=O)C(C)(C)C)c(OS(C)(=O)=O)c3)Oc3ccc(cc3Cl)[C@@H]2O)c2ccc(O)c(c2)-c2c(O)cc(O)cc21. The van der Waals surface area contributed by atoms with Gasteiger partial charge in [-0.3, -0.25) is 28.8 Å². The molecule has 4 aromatic rings. The number of carbonyl (C=O) groups excluding carboxylic acids is 6. The average molecular weight is 978 g/mol. The molecule has 3 aliphatic rings. The minimum Gasteiger partial charge on any atom is -0.508 e. The van der Waals surface area contributed by atoms with Crippen molar-refractivity contribution in [2.24, 2.45) is 5.41 Å². The number of alkyl halides is 3. The van der Waals surface area contributed by atoms with Crippen LogP contribution in [-0.4, -0.2) is 89.9 Å². The molecule has 9 N–H and O–H groups in total. The monoisotopic (exact) mass is 977 g/mol. The fraction of sp³-hybridized carbons (Fsp3) is 0.286. The highest BCUT2D eigenvalue weighted by atomic mass is 35.5. The lowest BCUT2D eigenvalue weighted by Gasteiger charge is -2.31. The number of nitrogens with one attached hydrogen (secondary N) is 5. The number of hydrogen-bond acceptors (Lipinski definition) is 15. The molecular formula is C42H39ClF3N5O15S. The van der Waals surface area contributed by atoms with Crippen LogP contribution in [0.5, 0.6) is 40.2 Å². The van der Waals surface area contributed by atoms with Gasteiger partial charge in [0.2, 0.25) is 29.4 Å². The first-order valence-electron chi connectivity index (χ1n) is 19.4. The van der Waals surface area contributed by atoms with E-state index in [0.29, 0.717) is 12.3 Å². The number of phenols is 3. The van der Waals surface area contributed by atoms with Crippen molar-refractivity contribution in [2.75, 3.05) is 13.3 Å². The molecule has 20 nitrogen and oxygen atoms in total. The number of aromatic hydroxyl groups is 3. The third kappa shape index (κ3) is 10.6. The van der Waals surface area contributed by atoms with Gasteiger partial charge < -0.3 is 60.7 Å². The first-order chi connectivity index (χ1) is 31.1. The summed E-state index contributed by atoms with van der Waals surface area (Å²) in [5.74, 6) is -14.2. The van der Waals surface area contributed by atoms with E-state index in [-0.39, 0.29) is 16.7 Å². The maximum atomic E-state index is 14.6. The molecule has 4 aromatic carbocycles. The fourth-order valence-corrected chi connectivity index (χ4v) is 7.50. The third-order valence-corrected chi connectivity index (χ3v) is 10.8. The van der Waals surface area contributed by atoms with Gasteiger partial charge in [0, 0.05) is 24.2 Å². The van der Waals surface area contributed by atoms with Crippen LogP contribution in [0.3, 0.4) is 0 Å². The van der Waals surface area contributed by atoms with Crippen molar-refractivity contribution < 1.29 is 84.4 Å². The van der Waals surface area contributed by atoms with Gasteiger partial charge in [-0.15, -0.1) is 0 Å². The van der Waals surface area contributed by atoms with Gasteiger partial charge in [-0.1, -0.05) is 23.7 Å². The maximum absolute atomic E-state index is 14.6. The molecule has 0 aliphatic carbocycles. The smallest absolute Gasteiger partial charge is 0.471 e. The van der Waals surface area contributed by atoms with E-state index in [1.165, 1.54) is 33.1 Å². The lowest BCUT2D eigenvalue weighted by molar-refractivity contribution is -0.174. The van der Waals surface area contributed by atoms with E-state index in [2.05, 4.69) is 21.3 Å². The molecule has 25 heteroatoms. The molecule has 0 fully saturated rings. The topological polar surface area (TPSA) is 305 Å². The number of rotatable bonds is 5.